The summed E-state index contributed by atoms with van der Waals surface area (Å²) in [6, 6.07) is 2.06. The highest BCUT2D eigenvalue weighted by molar-refractivity contribution is 9.10. The minimum Gasteiger partial charge on any atom is -0.353 e. The first-order valence-corrected chi connectivity index (χ1v) is 6.02. The highest BCUT2D eigenvalue weighted by Gasteiger charge is 2.23. The predicted octanol–water partition coefficient (Wildman–Crippen LogP) is 2.32. The van der Waals surface area contributed by atoms with Gasteiger partial charge in [0.25, 0.3) is 0 Å². The lowest BCUT2D eigenvalue weighted by molar-refractivity contribution is -0.135. The second-order valence-corrected chi connectivity index (χ2v) is 5.14. The minimum absolute atomic E-state index is 0.0916. The number of nitrogens with zero attached hydrogens (tertiary/aromatic N) is 1. The van der Waals surface area contributed by atoms with E-state index in [9.17, 15) is 4.79 Å². The van der Waals surface area contributed by atoms with E-state index >= 15 is 0 Å². The summed E-state index contributed by atoms with van der Waals surface area (Å²) in [6.07, 6.45) is 0.930. The van der Waals surface area contributed by atoms with Gasteiger partial charge in [-0.1, -0.05) is 13.8 Å². The van der Waals surface area contributed by atoms with E-state index in [0.717, 1.165) is 24.1 Å². The number of nitrogens with one attached hydrogen (secondary N) is 1. The van der Waals surface area contributed by atoms with E-state index in [0.29, 0.717) is 0 Å². The van der Waals surface area contributed by atoms with Crippen LogP contribution in [0, 0.1) is 5.92 Å². The number of aromatic nitrogens is 1. The molecule has 1 amide bonds. The van der Waals surface area contributed by atoms with Gasteiger partial charge in [0.05, 0.1) is 4.60 Å². The van der Waals surface area contributed by atoms with Crippen molar-refractivity contribution in [3.05, 3.63) is 21.9 Å². The molecule has 0 fully saturated rings. The third-order valence-corrected chi connectivity index (χ3v) is 3.18. The molecule has 1 aromatic heterocycles. The first kappa shape index (κ1) is 10.7. The van der Waals surface area contributed by atoms with E-state index in [2.05, 4.69) is 27.0 Å². The molecule has 3 nitrogen and oxygen atoms in total. The molecule has 0 saturated carbocycles. The molecule has 1 aliphatic heterocycles. The average molecular weight is 271 g/mol. The van der Waals surface area contributed by atoms with Crippen LogP contribution in [0.5, 0.6) is 0 Å². The Morgan fingerprint density at radius 2 is 2.33 bits per heavy atom. The number of rotatable bonds is 1. The van der Waals surface area contributed by atoms with Crippen molar-refractivity contribution in [1.29, 1.82) is 0 Å². The molecule has 0 radical (unpaired) electrons. The number of fused-ring (bicyclic) bond motifs is 1. The van der Waals surface area contributed by atoms with Crippen LogP contribution >= 0.6 is 15.9 Å². The van der Waals surface area contributed by atoms with Gasteiger partial charge >= 0.3 is 0 Å². The zero-order chi connectivity index (χ0) is 11.0. The van der Waals surface area contributed by atoms with Crippen LogP contribution < -0.4 is 0 Å². The topological polar surface area (TPSA) is 36.1 Å². The number of hydrogen-bond acceptors (Lipinski definition) is 1. The SMILES string of the molecule is CC(C)C(=O)N1CCc2[nH]c(Br)cc2C1. The van der Waals surface area contributed by atoms with Gasteiger partial charge < -0.3 is 9.88 Å². The summed E-state index contributed by atoms with van der Waals surface area (Å²) in [5, 5.41) is 0. The molecule has 4 heteroatoms. The van der Waals surface area contributed by atoms with E-state index < -0.39 is 0 Å². The van der Waals surface area contributed by atoms with Crippen LogP contribution in [0.4, 0.5) is 0 Å². The number of carbonyl (C=O) groups is 1. The molecule has 1 aromatic rings. The van der Waals surface area contributed by atoms with Crippen molar-refractivity contribution in [2.45, 2.75) is 26.8 Å². The molecule has 1 aliphatic rings. The molecule has 0 unspecified atom stereocenters. The maximum absolute atomic E-state index is 11.8. The number of aromatic amines is 1. The van der Waals surface area contributed by atoms with E-state index in [1.54, 1.807) is 0 Å². The Kier molecular flexibility index (Phi) is 2.87. The third kappa shape index (κ3) is 2.09. The standard InChI is InChI=1S/C11H15BrN2O/c1-7(2)11(15)14-4-3-9-8(6-14)5-10(12)13-9/h5,7,13H,3-4,6H2,1-2H3. The van der Waals surface area contributed by atoms with Crippen molar-refractivity contribution in [2.24, 2.45) is 5.92 Å². The van der Waals surface area contributed by atoms with Crippen molar-refractivity contribution in [3.8, 4) is 0 Å². The van der Waals surface area contributed by atoms with Gasteiger partial charge in [0.1, 0.15) is 0 Å². The van der Waals surface area contributed by atoms with Crippen molar-refractivity contribution in [2.75, 3.05) is 6.54 Å². The van der Waals surface area contributed by atoms with Crippen LogP contribution in [0.15, 0.2) is 10.7 Å². The van der Waals surface area contributed by atoms with Crippen molar-refractivity contribution < 1.29 is 4.79 Å². The lowest BCUT2D eigenvalue weighted by Crippen LogP contribution is -2.38. The van der Waals surface area contributed by atoms with Crippen LogP contribution in [-0.2, 0) is 17.8 Å². The summed E-state index contributed by atoms with van der Waals surface area (Å²) in [7, 11) is 0. The molecule has 82 valence electrons. The molecule has 0 spiro atoms. The molecule has 0 atom stereocenters. The quantitative estimate of drug-likeness (QED) is 0.836. The van der Waals surface area contributed by atoms with E-state index in [1.807, 2.05) is 18.7 Å². The predicted molar refractivity (Wildman–Crippen MR) is 62.5 cm³/mol. The number of carbonyl (C=O) groups excluding carboxylic acids is 1. The molecule has 0 bridgehead atoms. The number of hydrogen-bond donors (Lipinski definition) is 1. The minimum atomic E-state index is 0.0916. The van der Waals surface area contributed by atoms with E-state index in [-0.39, 0.29) is 11.8 Å². The normalized spacial score (nSPS) is 15.6. The number of amides is 1. The monoisotopic (exact) mass is 270 g/mol. The van der Waals surface area contributed by atoms with Gasteiger partial charge in [-0.15, -0.1) is 0 Å². The summed E-state index contributed by atoms with van der Waals surface area (Å²) >= 11 is 3.42. The summed E-state index contributed by atoms with van der Waals surface area (Å²) in [6.45, 7) is 5.47. The second kappa shape index (κ2) is 4.00. The van der Waals surface area contributed by atoms with Crippen LogP contribution in [-0.4, -0.2) is 22.3 Å². The van der Waals surface area contributed by atoms with Crippen LogP contribution in [0.2, 0.25) is 0 Å². The highest BCUT2D eigenvalue weighted by Crippen LogP contribution is 2.23. The molecule has 0 aliphatic carbocycles. The van der Waals surface area contributed by atoms with Gasteiger partial charge in [0.2, 0.25) is 5.91 Å². The third-order valence-electron chi connectivity index (χ3n) is 2.76. The summed E-state index contributed by atoms with van der Waals surface area (Å²) in [4.78, 5) is 17.0. The fourth-order valence-electron chi connectivity index (χ4n) is 1.95. The van der Waals surface area contributed by atoms with Crippen LogP contribution in [0.25, 0.3) is 0 Å². The van der Waals surface area contributed by atoms with Gasteiger partial charge in [-0.3, -0.25) is 4.79 Å². The molecule has 0 aromatic carbocycles. The van der Waals surface area contributed by atoms with Crippen molar-refractivity contribution >= 4 is 21.8 Å². The maximum atomic E-state index is 11.8. The lowest BCUT2D eigenvalue weighted by Gasteiger charge is -2.28. The number of H-pyrrole nitrogens is 1. The van der Waals surface area contributed by atoms with Gasteiger partial charge in [-0.25, -0.2) is 0 Å². The Labute approximate surface area is 98.0 Å². The maximum Gasteiger partial charge on any atom is 0.225 e. The molecule has 2 rings (SSSR count). The Balaban J connectivity index is 2.15. The van der Waals surface area contributed by atoms with Crippen LogP contribution in [0.1, 0.15) is 25.1 Å². The molecule has 0 saturated heterocycles. The van der Waals surface area contributed by atoms with Crippen molar-refractivity contribution in [1.82, 2.24) is 9.88 Å². The highest BCUT2D eigenvalue weighted by atomic mass is 79.9. The van der Waals surface area contributed by atoms with E-state index in [1.165, 1.54) is 11.3 Å². The first-order chi connectivity index (χ1) is 7.08. The zero-order valence-corrected chi connectivity index (χ0v) is 10.6. The second-order valence-electron chi connectivity index (χ2n) is 4.29. The summed E-state index contributed by atoms with van der Waals surface area (Å²) < 4.78 is 1.01. The summed E-state index contributed by atoms with van der Waals surface area (Å²) in [5.41, 5.74) is 2.50. The fraction of sp³-hybridized carbons (Fsp3) is 0.545. The van der Waals surface area contributed by atoms with Crippen LogP contribution in [0.3, 0.4) is 0 Å². The van der Waals surface area contributed by atoms with E-state index in [4.69, 9.17) is 0 Å². The molecule has 2 heterocycles. The Hall–Kier alpha value is -0.770. The molecular weight excluding hydrogens is 256 g/mol. The summed E-state index contributed by atoms with van der Waals surface area (Å²) in [5.74, 6) is 0.340. The zero-order valence-electron chi connectivity index (χ0n) is 9.01. The fourth-order valence-corrected chi connectivity index (χ4v) is 2.47. The first-order valence-electron chi connectivity index (χ1n) is 5.23. The van der Waals surface area contributed by atoms with Gasteiger partial charge in [0.15, 0.2) is 0 Å². The van der Waals surface area contributed by atoms with Crippen molar-refractivity contribution in [3.63, 3.8) is 0 Å². The largest absolute Gasteiger partial charge is 0.353 e. The average Bonchev–Trinajstić information content (AvgIpc) is 2.55. The lowest BCUT2D eigenvalue weighted by atomic mass is 10.1. The van der Waals surface area contributed by atoms with Gasteiger partial charge in [0, 0.05) is 31.1 Å². The Bertz CT molecular complexity index is 384. The Morgan fingerprint density at radius 3 is 3.00 bits per heavy atom. The molecule has 15 heavy (non-hydrogen) atoms. The molecule has 1 N–H and O–H groups in total. The smallest absolute Gasteiger partial charge is 0.225 e. The van der Waals surface area contributed by atoms with Gasteiger partial charge in [-0.2, -0.15) is 0 Å². The van der Waals surface area contributed by atoms with Gasteiger partial charge in [-0.05, 0) is 27.6 Å². The molecular formula is C11H15BrN2O. The Morgan fingerprint density at radius 1 is 1.60 bits per heavy atom. The number of halogens is 1.